The number of hydrogen-bond acceptors (Lipinski definition) is 0. The summed E-state index contributed by atoms with van der Waals surface area (Å²) in [4.78, 5) is 0. The summed E-state index contributed by atoms with van der Waals surface area (Å²) in [6.45, 7) is 0. The van der Waals surface area contributed by atoms with Gasteiger partial charge in [-0.2, -0.15) is 0 Å². The molecule has 0 bridgehead atoms. The van der Waals surface area contributed by atoms with Crippen molar-refractivity contribution in [1.82, 2.24) is 0 Å². The molecule has 24 heavy (non-hydrogen) atoms. The molecule has 0 fully saturated rings. The van der Waals surface area contributed by atoms with Gasteiger partial charge < -0.3 is 0 Å². The van der Waals surface area contributed by atoms with Crippen LogP contribution in [0.1, 0.15) is 0 Å². The topological polar surface area (TPSA) is 0 Å². The van der Waals surface area contributed by atoms with Crippen molar-refractivity contribution in [2.24, 2.45) is 0 Å². The molecule has 0 nitrogen and oxygen atoms in total. The van der Waals surface area contributed by atoms with Crippen LogP contribution in [0.5, 0.6) is 0 Å². The van der Waals surface area contributed by atoms with Crippen molar-refractivity contribution in [3.63, 3.8) is 0 Å². The van der Waals surface area contributed by atoms with E-state index in [0.29, 0.717) is 0 Å². The van der Waals surface area contributed by atoms with Gasteiger partial charge >= 0.3 is 318 Å². The van der Waals surface area contributed by atoms with Gasteiger partial charge in [-0.25, -0.2) is 0 Å². The van der Waals surface area contributed by atoms with Crippen molar-refractivity contribution in [3.8, 4) is 0 Å². The van der Waals surface area contributed by atoms with E-state index >= 15 is 0 Å². The van der Waals surface area contributed by atoms with Crippen LogP contribution in [-0.2, 0) is 0 Å². The minimum absolute atomic E-state index is 0.456. The molecule has 0 radical (unpaired) electrons. The van der Waals surface area contributed by atoms with Crippen molar-refractivity contribution in [1.29, 1.82) is 0 Å². The summed E-state index contributed by atoms with van der Waals surface area (Å²) in [6, 6.07) is 0. The maximum atomic E-state index is 14.0. The van der Waals surface area contributed by atoms with Crippen LogP contribution >= 0.6 is 315 Å². The molecule has 0 aromatic carbocycles. The van der Waals surface area contributed by atoms with Crippen molar-refractivity contribution in [2.45, 2.75) is 0 Å². The molecule has 0 spiro atoms. The zero-order valence-corrected chi connectivity index (χ0v) is 58.7. The average Bonchev–Trinajstić information content (AvgIpc) is 2.55. The third-order valence-electron chi connectivity index (χ3n) is 0.816. The zero-order chi connectivity index (χ0) is 19.4. The second kappa shape index (κ2) is 24.1. The Morgan fingerprint density at radius 1 is 0.333 bits per heavy atom. The van der Waals surface area contributed by atoms with Crippen molar-refractivity contribution in [3.05, 3.63) is 0 Å². The van der Waals surface area contributed by atoms with Crippen LogP contribution in [0.15, 0.2) is 0 Å². The SMILES string of the molecule is FI(I)I(I)I(I)I(I)I(I)I(I)I(I)I(I)I(I)I(I)I(I)I. The van der Waals surface area contributed by atoms with Crippen LogP contribution in [-0.4, -0.2) is 0 Å². The van der Waals surface area contributed by atoms with E-state index in [1.54, 1.807) is 0 Å². The molecule has 168 valence electrons. The summed E-state index contributed by atoms with van der Waals surface area (Å²) in [5.41, 5.74) is 0. The number of halogens is 24. The third kappa shape index (κ3) is 17.1. The molecule has 0 saturated heterocycles. The van der Waals surface area contributed by atoms with Crippen LogP contribution in [0.4, 0.5) is 2.86 Å². The van der Waals surface area contributed by atoms with Crippen LogP contribution < -0.4 is 0 Å². The molecular weight excluding hydrogens is 2940 g/mol. The Bertz CT molecular complexity index is 303. The predicted octanol–water partition coefficient (Wildman–Crippen LogP) is 20.8. The second-order valence-corrected chi connectivity index (χ2v) is 510. The molecule has 0 heterocycles. The van der Waals surface area contributed by atoms with Gasteiger partial charge in [-0.1, -0.05) is 0 Å². The Hall–Kier alpha value is 16.7. The van der Waals surface area contributed by atoms with Gasteiger partial charge in [0.1, 0.15) is 0 Å². The van der Waals surface area contributed by atoms with Crippen LogP contribution in [0.25, 0.3) is 0 Å². The summed E-state index contributed by atoms with van der Waals surface area (Å²) < 4.78 is 14.0. The molecule has 0 aromatic heterocycles. The van der Waals surface area contributed by atoms with E-state index in [-0.39, 0.29) is 0 Å². The van der Waals surface area contributed by atoms with Crippen molar-refractivity contribution >= 4 is 315 Å². The molecule has 0 rings (SSSR count). The minimum atomic E-state index is -1.92. The van der Waals surface area contributed by atoms with Crippen LogP contribution in [0, 0.1) is 0 Å². The van der Waals surface area contributed by atoms with E-state index in [9.17, 15) is 2.86 Å². The maximum absolute atomic E-state index is 14.0. The molecule has 24 heteroatoms. The monoisotopic (exact) mass is 2940 g/mol. The standard InChI is InChI=1S/FI23/c1-14(2)16(5)18(7)20(9)22(11)24(13)23(12)21(10)19(8)17(6)15(3)4. The van der Waals surface area contributed by atoms with Crippen molar-refractivity contribution < 1.29 is 2.86 Å². The fraction of sp³-hybridized carbons (Fsp3) is 0. The van der Waals surface area contributed by atoms with E-state index in [4.69, 9.17) is 0 Å². The van der Waals surface area contributed by atoms with Gasteiger partial charge in [-0.15, -0.1) is 0 Å². The summed E-state index contributed by atoms with van der Waals surface area (Å²) >= 11 is 33.3. The Balaban J connectivity index is 4.95. The normalized spacial score (nSPS) is 18.1. The Morgan fingerprint density at radius 2 is 0.542 bits per heavy atom. The Morgan fingerprint density at radius 3 is 0.750 bits per heavy atom. The molecule has 0 atom stereocenters. The molecule has 0 aromatic rings. The predicted molar refractivity (Wildman–Crippen MR) is 324 cm³/mol. The Kier molecular flexibility index (Phi) is 40.9. The van der Waals surface area contributed by atoms with E-state index < -0.39 is 91.4 Å². The first-order valence-electron chi connectivity index (χ1n) is 3.29. The quantitative estimate of drug-likeness (QED) is 0.191. The molecule has 0 aliphatic carbocycles. The molecule has 0 saturated carbocycles. The van der Waals surface area contributed by atoms with Gasteiger partial charge in [0.2, 0.25) is 0 Å². The van der Waals surface area contributed by atoms with E-state index in [1.807, 2.05) is 0 Å². The van der Waals surface area contributed by atoms with Gasteiger partial charge in [0.15, 0.2) is 0 Å². The van der Waals surface area contributed by atoms with E-state index in [1.165, 1.54) is 0 Å². The number of hydrogen-bond donors (Lipinski definition) is 0. The van der Waals surface area contributed by atoms with Crippen LogP contribution in [0.2, 0.25) is 0 Å². The van der Waals surface area contributed by atoms with Gasteiger partial charge in [0.25, 0.3) is 0 Å². The van der Waals surface area contributed by atoms with E-state index in [0.717, 1.165) is 0 Å². The van der Waals surface area contributed by atoms with Crippen LogP contribution in [0.3, 0.4) is 0 Å². The first-order chi connectivity index (χ1) is 10.8. The molecule has 0 aliphatic rings. The third-order valence-corrected chi connectivity index (χ3v) is 1580. The molecule has 0 N–H and O–H groups in total. The van der Waals surface area contributed by atoms with E-state index in [2.05, 4.69) is 223 Å². The molecule has 0 amide bonds. The number of rotatable bonds is 10. The van der Waals surface area contributed by atoms with Crippen molar-refractivity contribution in [2.75, 3.05) is 0 Å². The molecular formula is FI23. The van der Waals surface area contributed by atoms with Gasteiger partial charge in [-0.05, 0) is 0 Å². The van der Waals surface area contributed by atoms with Gasteiger partial charge in [-0.3, -0.25) is 0 Å². The fourth-order valence-electron chi connectivity index (χ4n) is 0.278. The summed E-state index contributed by atoms with van der Waals surface area (Å²) in [7, 11) is -6.15. The molecule has 0 aliphatic heterocycles. The molecule has 0 unspecified atom stereocenters. The second-order valence-electron chi connectivity index (χ2n) is 1.78. The average molecular weight is 2940 g/mol. The summed E-state index contributed by atoms with van der Waals surface area (Å²) in [5.74, 6) is 0. The first kappa shape index (κ1) is 40.7. The first-order valence-corrected chi connectivity index (χ1v) is 142. The zero-order valence-electron chi connectivity index (χ0n) is 9.07. The van der Waals surface area contributed by atoms with Gasteiger partial charge in [0.05, 0.1) is 0 Å². The Labute approximate surface area is 300 Å². The fourth-order valence-corrected chi connectivity index (χ4v) is 3590. The summed E-state index contributed by atoms with van der Waals surface area (Å²) in [5, 5.41) is 0. The van der Waals surface area contributed by atoms with Gasteiger partial charge in [0, 0.05) is 0 Å². The summed E-state index contributed by atoms with van der Waals surface area (Å²) in [6.07, 6.45) is 0.